The number of carbonyl (C=O) groups excluding carboxylic acids is 1. The second kappa shape index (κ2) is 10.7. The van der Waals surface area contributed by atoms with Crippen LogP contribution in [0.2, 0.25) is 0 Å². The maximum absolute atomic E-state index is 12.3. The molecule has 2 aliphatic rings. The Hall–Kier alpha value is -1.44. The maximum atomic E-state index is 12.3. The molecule has 1 amide bonds. The monoisotopic (exact) mass is 436 g/mol. The standard InChI is InChI=1S/C23H36N2O4S/c1-23(2,3)28-22(26)25-15-11-20(12-16-25)19-9-13-24(14-10-19)21-7-5-18(6-8-21)17-30-29-27-4/h5-8,19-20H,9-17H2,1-4H3. The van der Waals surface area contributed by atoms with Gasteiger partial charge in [0.2, 0.25) is 0 Å². The molecule has 0 atom stereocenters. The molecule has 30 heavy (non-hydrogen) atoms. The van der Waals surface area contributed by atoms with E-state index in [4.69, 9.17) is 9.07 Å². The van der Waals surface area contributed by atoms with Gasteiger partial charge in [-0.3, -0.25) is 0 Å². The minimum atomic E-state index is -0.421. The zero-order chi connectivity index (χ0) is 21.6. The van der Waals surface area contributed by atoms with E-state index in [1.807, 2.05) is 25.7 Å². The molecular formula is C23H36N2O4S. The van der Waals surface area contributed by atoms with Crippen molar-refractivity contribution in [1.29, 1.82) is 0 Å². The van der Waals surface area contributed by atoms with Crippen molar-refractivity contribution in [2.24, 2.45) is 11.8 Å². The Labute approximate surface area is 185 Å². The minimum Gasteiger partial charge on any atom is -0.444 e. The lowest BCUT2D eigenvalue weighted by atomic mass is 9.79. The molecule has 0 radical (unpaired) electrons. The summed E-state index contributed by atoms with van der Waals surface area (Å²) in [6.45, 7) is 9.64. The summed E-state index contributed by atoms with van der Waals surface area (Å²) in [4.78, 5) is 21.3. The van der Waals surface area contributed by atoms with Gasteiger partial charge in [-0.25, -0.2) is 9.68 Å². The normalized spacial score (nSPS) is 19.2. The Kier molecular flexibility index (Phi) is 8.31. The molecule has 168 valence electrons. The number of amides is 1. The van der Waals surface area contributed by atoms with Crippen molar-refractivity contribution < 1.29 is 18.8 Å². The summed E-state index contributed by atoms with van der Waals surface area (Å²) in [6, 6.07) is 8.75. The molecule has 0 N–H and O–H groups in total. The van der Waals surface area contributed by atoms with Crippen LogP contribution >= 0.6 is 12.0 Å². The largest absolute Gasteiger partial charge is 0.444 e. The number of hydrogen-bond donors (Lipinski definition) is 0. The molecule has 6 nitrogen and oxygen atoms in total. The molecule has 0 spiro atoms. The van der Waals surface area contributed by atoms with Crippen LogP contribution in [0.25, 0.3) is 0 Å². The Balaban J connectivity index is 1.41. The van der Waals surface area contributed by atoms with Crippen molar-refractivity contribution in [3.63, 3.8) is 0 Å². The number of carbonyl (C=O) groups is 1. The van der Waals surface area contributed by atoms with E-state index in [2.05, 4.69) is 34.1 Å². The summed E-state index contributed by atoms with van der Waals surface area (Å²) < 4.78 is 10.4. The lowest BCUT2D eigenvalue weighted by Crippen LogP contribution is -2.44. The summed E-state index contributed by atoms with van der Waals surface area (Å²) in [7, 11) is 1.52. The summed E-state index contributed by atoms with van der Waals surface area (Å²) >= 11 is 1.30. The van der Waals surface area contributed by atoms with Crippen LogP contribution in [-0.2, 0) is 19.7 Å². The van der Waals surface area contributed by atoms with E-state index in [0.29, 0.717) is 0 Å². The predicted molar refractivity (Wildman–Crippen MR) is 121 cm³/mol. The Morgan fingerprint density at radius 2 is 1.57 bits per heavy atom. The van der Waals surface area contributed by atoms with Gasteiger partial charge in [0.15, 0.2) is 0 Å². The molecule has 7 heteroatoms. The van der Waals surface area contributed by atoms with Gasteiger partial charge >= 0.3 is 6.09 Å². The summed E-state index contributed by atoms with van der Waals surface area (Å²) in [5.74, 6) is 2.27. The van der Waals surface area contributed by atoms with E-state index in [1.165, 1.54) is 43.2 Å². The quantitative estimate of drug-likeness (QED) is 0.262. The van der Waals surface area contributed by atoms with Crippen LogP contribution in [0.15, 0.2) is 24.3 Å². The van der Waals surface area contributed by atoms with Crippen molar-refractivity contribution in [3.8, 4) is 0 Å². The van der Waals surface area contributed by atoms with E-state index in [-0.39, 0.29) is 6.09 Å². The van der Waals surface area contributed by atoms with Crippen molar-refractivity contribution in [2.45, 2.75) is 57.8 Å². The van der Waals surface area contributed by atoms with Crippen molar-refractivity contribution >= 4 is 23.8 Å². The molecule has 2 fully saturated rings. The maximum Gasteiger partial charge on any atom is 0.410 e. The summed E-state index contributed by atoms with van der Waals surface area (Å²) in [5, 5.41) is 0. The van der Waals surface area contributed by atoms with Crippen LogP contribution in [-0.4, -0.2) is 49.9 Å². The number of benzene rings is 1. The van der Waals surface area contributed by atoms with Gasteiger partial charge < -0.3 is 14.5 Å². The highest BCUT2D eigenvalue weighted by Gasteiger charge is 2.32. The Morgan fingerprint density at radius 1 is 1.00 bits per heavy atom. The third-order valence-electron chi connectivity index (χ3n) is 6.04. The molecule has 3 rings (SSSR count). The number of anilines is 1. The molecule has 0 aliphatic carbocycles. The van der Waals surface area contributed by atoms with Crippen LogP contribution in [0.4, 0.5) is 10.5 Å². The summed E-state index contributed by atoms with van der Waals surface area (Å²) in [5.41, 5.74) is 2.11. The molecule has 0 bridgehead atoms. The highest BCUT2D eigenvalue weighted by Crippen LogP contribution is 2.34. The Morgan fingerprint density at radius 3 is 2.10 bits per heavy atom. The van der Waals surface area contributed by atoms with Gasteiger partial charge in [-0.15, -0.1) is 0 Å². The third-order valence-corrected chi connectivity index (χ3v) is 6.72. The fraction of sp³-hybridized carbons (Fsp3) is 0.696. The number of nitrogens with zero attached hydrogens (tertiary/aromatic N) is 2. The SMILES string of the molecule is COOSCc1ccc(N2CCC(C3CCN(C(=O)OC(C)(C)C)CC3)CC2)cc1. The lowest BCUT2D eigenvalue weighted by Gasteiger charge is -2.41. The Bertz CT molecular complexity index is 661. The molecule has 1 aromatic carbocycles. The van der Waals surface area contributed by atoms with Crippen LogP contribution in [0, 0.1) is 11.8 Å². The van der Waals surface area contributed by atoms with Crippen molar-refractivity contribution in [2.75, 3.05) is 38.2 Å². The van der Waals surface area contributed by atoms with Crippen LogP contribution in [0.3, 0.4) is 0 Å². The van der Waals surface area contributed by atoms with Crippen molar-refractivity contribution in [1.82, 2.24) is 4.90 Å². The van der Waals surface area contributed by atoms with Gasteiger partial charge in [0.25, 0.3) is 0 Å². The van der Waals surface area contributed by atoms with Crippen LogP contribution in [0.5, 0.6) is 0 Å². The molecule has 2 saturated heterocycles. The highest BCUT2D eigenvalue weighted by atomic mass is 32.2. The number of ether oxygens (including phenoxy) is 1. The van der Waals surface area contributed by atoms with Gasteiger partial charge in [0.05, 0.1) is 7.11 Å². The fourth-order valence-corrected chi connectivity index (χ4v) is 4.93. The average Bonchev–Trinajstić information content (AvgIpc) is 2.73. The first-order valence-electron chi connectivity index (χ1n) is 11.0. The fourth-order valence-electron chi connectivity index (χ4n) is 4.45. The molecule has 0 saturated carbocycles. The first-order chi connectivity index (χ1) is 14.4. The molecule has 2 aliphatic heterocycles. The van der Waals surface area contributed by atoms with Crippen molar-refractivity contribution in [3.05, 3.63) is 29.8 Å². The van der Waals surface area contributed by atoms with E-state index in [1.54, 1.807) is 0 Å². The molecule has 1 aromatic rings. The number of likely N-dealkylation sites (tertiary alicyclic amines) is 1. The molecular weight excluding hydrogens is 400 g/mol. The van der Waals surface area contributed by atoms with Crippen LogP contribution < -0.4 is 4.90 Å². The van der Waals surface area contributed by atoms with Gasteiger partial charge in [-0.2, -0.15) is 4.33 Å². The second-order valence-electron chi connectivity index (χ2n) is 9.29. The minimum absolute atomic E-state index is 0.161. The van der Waals surface area contributed by atoms with E-state index >= 15 is 0 Å². The van der Waals surface area contributed by atoms with E-state index in [9.17, 15) is 4.79 Å². The first kappa shape index (κ1) is 23.2. The zero-order valence-electron chi connectivity index (χ0n) is 18.8. The highest BCUT2D eigenvalue weighted by molar-refractivity contribution is 7.93. The third kappa shape index (κ3) is 6.79. The van der Waals surface area contributed by atoms with E-state index < -0.39 is 5.60 Å². The van der Waals surface area contributed by atoms with E-state index in [0.717, 1.165) is 56.6 Å². The van der Waals surface area contributed by atoms with Gasteiger partial charge in [0, 0.05) is 49.7 Å². The molecule has 0 unspecified atom stereocenters. The molecule has 0 aromatic heterocycles. The van der Waals surface area contributed by atoms with Gasteiger partial charge in [-0.1, -0.05) is 12.1 Å². The number of hydrogen-bond acceptors (Lipinski definition) is 6. The van der Waals surface area contributed by atoms with Crippen LogP contribution in [0.1, 0.15) is 52.0 Å². The molecule has 2 heterocycles. The smallest absolute Gasteiger partial charge is 0.410 e. The zero-order valence-corrected chi connectivity index (χ0v) is 19.6. The average molecular weight is 437 g/mol. The number of piperidine rings is 2. The predicted octanol–water partition coefficient (Wildman–Crippen LogP) is 5.28. The topological polar surface area (TPSA) is 51.2 Å². The summed E-state index contributed by atoms with van der Waals surface area (Å²) in [6.07, 6.45) is 4.50. The second-order valence-corrected chi connectivity index (χ2v) is 9.95. The van der Waals surface area contributed by atoms with Gasteiger partial charge in [0.1, 0.15) is 5.60 Å². The lowest BCUT2D eigenvalue weighted by molar-refractivity contribution is -0.160. The number of rotatable bonds is 6. The first-order valence-corrected chi connectivity index (χ1v) is 11.9. The van der Waals surface area contributed by atoms with Gasteiger partial charge in [-0.05, 0) is 76.0 Å².